The Morgan fingerprint density at radius 1 is 1.21 bits per heavy atom. The minimum atomic E-state index is 0.374. The molecule has 0 heterocycles. The SMILES string of the molecule is CCC(NCC1(CC)CCC1)c1ccc(Cl)c(Cl)c1. The zero-order valence-electron chi connectivity index (χ0n) is 11.8. The second-order valence-electron chi connectivity index (χ2n) is 5.72. The lowest BCUT2D eigenvalue weighted by molar-refractivity contribution is 0.118. The lowest BCUT2D eigenvalue weighted by Gasteiger charge is -2.42. The van der Waals surface area contributed by atoms with Crippen molar-refractivity contribution in [1.82, 2.24) is 5.32 Å². The lowest BCUT2D eigenvalue weighted by atomic mass is 9.67. The zero-order valence-corrected chi connectivity index (χ0v) is 13.3. The Morgan fingerprint density at radius 2 is 1.95 bits per heavy atom. The summed E-state index contributed by atoms with van der Waals surface area (Å²) in [6.07, 6.45) is 6.47. The zero-order chi connectivity index (χ0) is 13.9. The predicted molar refractivity (Wildman–Crippen MR) is 84.1 cm³/mol. The first kappa shape index (κ1) is 15.2. The van der Waals surface area contributed by atoms with Gasteiger partial charge in [0.05, 0.1) is 10.0 Å². The highest BCUT2D eigenvalue weighted by molar-refractivity contribution is 6.42. The van der Waals surface area contributed by atoms with E-state index >= 15 is 0 Å². The topological polar surface area (TPSA) is 12.0 Å². The third kappa shape index (κ3) is 3.45. The Morgan fingerprint density at radius 3 is 2.42 bits per heavy atom. The van der Waals surface area contributed by atoms with Gasteiger partial charge in [-0.25, -0.2) is 0 Å². The molecule has 2 rings (SSSR count). The average Bonchev–Trinajstić information content (AvgIpc) is 2.37. The molecule has 0 spiro atoms. The summed E-state index contributed by atoms with van der Waals surface area (Å²) >= 11 is 12.1. The first-order chi connectivity index (χ1) is 9.10. The van der Waals surface area contributed by atoms with Crippen LogP contribution in [0.15, 0.2) is 18.2 Å². The standard InChI is InChI=1S/C16H23Cl2N/c1-3-15(12-6-7-13(17)14(18)10-12)19-11-16(4-2)8-5-9-16/h6-7,10,15,19H,3-5,8-9,11H2,1-2H3. The van der Waals surface area contributed by atoms with Crippen LogP contribution in [0.25, 0.3) is 0 Å². The highest BCUT2D eigenvalue weighted by Crippen LogP contribution is 2.43. The van der Waals surface area contributed by atoms with Crippen molar-refractivity contribution in [2.24, 2.45) is 5.41 Å². The molecule has 0 radical (unpaired) electrons. The molecule has 1 unspecified atom stereocenters. The summed E-state index contributed by atoms with van der Waals surface area (Å²) in [6, 6.07) is 6.33. The molecular weight excluding hydrogens is 277 g/mol. The van der Waals surface area contributed by atoms with Crippen LogP contribution >= 0.6 is 23.2 Å². The van der Waals surface area contributed by atoms with Crippen molar-refractivity contribution in [2.45, 2.75) is 52.0 Å². The van der Waals surface area contributed by atoms with Crippen molar-refractivity contribution in [3.63, 3.8) is 0 Å². The summed E-state index contributed by atoms with van der Waals surface area (Å²) in [6.45, 7) is 5.63. The summed E-state index contributed by atoms with van der Waals surface area (Å²) in [4.78, 5) is 0. The molecule has 1 aromatic carbocycles. The van der Waals surface area contributed by atoms with E-state index in [9.17, 15) is 0 Å². The third-order valence-corrected chi connectivity index (χ3v) is 5.38. The Labute approximate surface area is 126 Å². The monoisotopic (exact) mass is 299 g/mol. The quantitative estimate of drug-likeness (QED) is 0.719. The molecule has 19 heavy (non-hydrogen) atoms. The number of rotatable bonds is 6. The molecule has 0 aromatic heterocycles. The fourth-order valence-corrected chi connectivity index (χ4v) is 3.21. The summed E-state index contributed by atoms with van der Waals surface area (Å²) < 4.78 is 0. The summed E-state index contributed by atoms with van der Waals surface area (Å²) in [5.74, 6) is 0. The molecule has 0 saturated heterocycles. The predicted octanol–water partition coefficient (Wildman–Crippen LogP) is 5.61. The van der Waals surface area contributed by atoms with E-state index in [1.807, 2.05) is 12.1 Å². The molecule has 1 aliphatic rings. The highest BCUT2D eigenvalue weighted by Gasteiger charge is 2.35. The van der Waals surface area contributed by atoms with Gasteiger partial charge < -0.3 is 5.32 Å². The van der Waals surface area contributed by atoms with Gasteiger partial charge in [0.2, 0.25) is 0 Å². The normalized spacial score (nSPS) is 18.9. The van der Waals surface area contributed by atoms with E-state index in [2.05, 4.69) is 25.2 Å². The number of halogens is 2. The van der Waals surface area contributed by atoms with Crippen molar-refractivity contribution in [3.05, 3.63) is 33.8 Å². The maximum Gasteiger partial charge on any atom is 0.0595 e. The molecule has 1 atom stereocenters. The van der Waals surface area contributed by atoms with Gasteiger partial charge in [0.25, 0.3) is 0 Å². The molecule has 1 N–H and O–H groups in total. The van der Waals surface area contributed by atoms with Crippen LogP contribution in [0.2, 0.25) is 10.0 Å². The molecule has 3 heteroatoms. The number of nitrogens with one attached hydrogen (secondary N) is 1. The Bertz CT molecular complexity index is 421. The van der Waals surface area contributed by atoms with Crippen LogP contribution in [0, 0.1) is 5.41 Å². The minimum Gasteiger partial charge on any atom is -0.309 e. The van der Waals surface area contributed by atoms with Gasteiger partial charge in [-0.15, -0.1) is 0 Å². The van der Waals surface area contributed by atoms with E-state index in [0.717, 1.165) is 13.0 Å². The summed E-state index contributed by atoms with van der Waals surface area (Å²) in [5, 5.41) is 5.00. The first-order valence-electron chi connectivity index (χ1n) is 7.28. The average molecular weight is 300 g/mol. The van der Waals surface area contributed by atoms with Crippen LogP contribution in [0.5, 0.6) is 0 Å². The van der Waals surface area contributed by atoms with Gasteiger partial charge in [0, 0.05) is 12.6 Å². The summed E-state index contributed by atoms with van der Waals surface area (Å²) in [5.41, 5.74) is 1.78. The third-order valence-electron chi connectivity index (χ3n) is 4.64. The van der Waals surface area contributed by atoms with Gasteiger partial charge in [-0.05, 0) is 48.8 Å². The van der Waals surface area contributed by atoms with Gasteiger partial charge in [-0.3, -0.25) is 0 Å². The second kappa shape index (κ2) is 6.47. The molecule has 1 nitrogen and oxygen atoms in total. The van der Waals surface area contributed by atoms with Crippen LogP contribution in [-0.4, -0.2) is 6.54 Å². The molecule has 1 aromatic rings. The van der Waals surface area contributed by atoms with E-state index in [4.69, 9.17) is 23.2 Å². The summed E-state index contributed by atoms with van der Waals surface area (Å²) in [7, 11) is 0. The van der Waals surface area contributed by atoms with Gasteiger partial charge >= 0.3 is 0 Å². The van der Waals surface area contributed by atoms with Crippen LogP contribution in [0.1, 0.15) is 57.6 Å². The molecular formula is C16H23Cl2N. The van der Waals surface area contributed by atoms with Crippen molar-refractivity contribution >= 4 is 23.2 Å². The Balaban J connectivity index is 2.01. The van der Waals surface area contributed by atoms with Gasteiger partial charge in [-0.2, -0.15) is 0 Å². The number of benzene rings is 1. The van der Waals surface area contributed by atoms with Gasteiger partial charge in [0.1, 0.15) is 0 Å². The maximum atomic E-state index is 6.11. The van der Waals surface area contributed by atoms with E-state index in [-0.39, 0.29) is 0 Å². The molecule has 0 aliphatic heterocycles. The van der Waals surface area contributed by atoms with E-state index < -0.39 is 0 Å². The molecule has 0 bridgehead atoms. The lowest BCUT2D eigenvalue weighted by Crippen LogP contribution is -2.40. The molecule has 1 aliphatic carbocycles. The van der Waals surface area contributed by atoms with Crippen molar-refractivity contribution < 1.29 is 0 Å². The van der Waals surface area contributed by atoms with Crippen LogP contribution in [-0.2, 0) is 0 Å². The van der Waals surface area contributed by atoms with Crippen LogP contribution < -0.4 is 5.32 Å². The van der Waals surface area contributed by atoms with Gasteiger partial charge in [-0.1, -0.05) is 49.5 Å². The van der Waals surface area contributed by atoms with E-state index in [1.165, 1.54) is 31.2 Å². The van der Waals surface area contributed by atoms with Crippen LogP contribution in [0.3, 0.4) is 0 Å². The Hall–Kier alpha value is -0.240. The molecule has 0 amide bonds. The van der Waals surface area contributed by atoms with Crippen LogP contribution in [0.4, 0.5) is 0 Å². The second-order valence-corrected chi connectivity index (χ2v) is 6.54. The number of hydrogen-bond donors (Lipinski definition) is 1. The molecule has 106 valence electrons. The Kier molecular flexibility index (Phi) is 5.16. The fourth-order valence-electron chi connectivity index (χ4n) is 2.90. The van der Waals surface area contributed by atoms with Gasteiger partial charge in [0.15, 0.2) is 0 Å². The fraction of sp³-hybridized carbons (Fsp3) is 0.625. The highest BCUT2D eigenvalue weighted by atomic mass is 35.5. The molecule has 1 fully saturated rings. The first-order valence-corrected chi connectivity index (χ1v) is 8.04. The van der Waals surface area contributed by atoms with E-state index in [1.54, 1.807) is 0 Å². The smallest absolute Gasteiger partial charge is 0.0595 e. The van der Waals surface area contributed by atoms with E-state index in [0.29, 0.717) is 21.5 Å². The molecule has 1 saturated carbocycles. The van der Waals surface area contributed by atoms with Crippen molar-refractivity contribution in [1.29, 1.82) is 0 Å². The van der Waals surface area contributed by atoms with Crippen molar-refractivity contribution in [3.8, 4) is 0 Å². The van der Waals surface area contributed by atoms with Crippen molar-refractivity contribution in [2.75, 3.05) is 6.54 Å². The largest absolute Gasteiger partial charge is 0.309 e. The maximum absolute atomic E-state index is 6.11. The number of hydrogen-bond acceptors (Lipinski definition) is 1. The minimum absolute atomic E-state index is 0.374.